The average molecular weight is 367 g/mol. The fraction of sp³-hybridized carbons (Fsp3) is 0.0625. The minimum absolute atomic E-state index is 0.114. The molecule has 2 aromatic carbocycles. The zero-order valence-electron chi connectivity index (χ0n) is 12.0. The highest BCUT2D eigenvalue weighted by molar-refractivity contribution is 6.42. The fourth-order valence-corrected chi connectivity index (χ4v) is 2.16. The van der Waals surface area contributed by atoms with Crippen LogP contribution in [0.1, 0.15) is 16.2 Å². The van der Waals surface area contributed by atoms with E-state index in [0.717, 1.165) is 0 Å². The van der Waals surface area contributed by atoms with Crippen LogP contribution in [0.5, 0.6) is 0 Å². The molecule has 8 heteroatoms. The van der Waals surface area contributed by atoms with Crippen LogP contribution >= 0.6 is 23.2 Å². The Morgan fingerprint density at radius 3 is 2.58 bits per heavy atom. The highest BCUT2D eigenvalue weighted by Crippen LogP contribution is 2.23. The predicted molar refractivity (Wildman–Crippen MR) is 85.3 cm³/mol. The van der Waals surface area contributed by atoms with Gasteiger partial charge in [-0.25, -0.2) is 9.18 Å². The number of nitrogens with zero attached hydrogens (tertiary/aromatic N) is 2. The molecule has 0 fully saturated rings. The van der Waals surface area contributed by atoms with Gasteiger partial charge < -0.3 is 9.26 Å². The second kappa shape index (κ2) is 6.98. The standard InChI is InChI=1S/C16H9Cl2FN2O3/c17-12-6-3-10(7-13(12)18)16(22)23-8-14-20-15(21-24-14)9-1-4-11(19)5-2-9/h1-7H,8H2. The molecule has 0 aliphatic rings. The summed E-state index contributed by atoms with van der Waals surface area (Å²) in [6.45, 7) is -0.201. The number of aromatic nitrogens is 2. The van der Waals surface area contributed by atoms with Crippen molar-refractivity contribution in [2.75, 3.05) is 0 Å². The normalized spacial score (nSPS) is 10.6. The van der Waals surface area contributed by atoms with Crippen molar-refractivity contribution in [1.82, 2.24) is 10.1 Å². The molecule has 24 heavy (non-hydrogen) atoms. The Morgan fingerprint density at radius 1 is 1.12 bits per heavy atom. The summed E-state index contributed by atoms with van der Waals surface area (Å²) in [5, 5.41) is 4.35. The highest BCUT2D eigenvalue weighted by atomic mass is 35.5. The second-order valence-corrected chi connectivity index (χ2v) is 5.54. The smallest absolute Gasteiger partial charge is 0.338 e. The molecule has 0 radical (unpaired) electrons. The zero-order chi connectivity index (χ0) is 17.1. The maximum absolute atomic E-state index is 12.9. The highest BCUT2D eigenvalue weighted by Gasteiger charge is 2.13. The molecule has 0 bridgehead atoms. The summed E-state index contributed by atoms with van der Waals surface area (Å²) in [6, 6.07) is 10.0. The molecular weight excluding hydrogens is 358 g/mol. The van der Waals surface area contributed by atoms with E-state index in [2.05, 4.69) is 10.1 Å². The topological polar surface area (TPSA) is 65.2 Å². The fourth-order valence-electron chi connectivity index (χ4n) is 1.86. The summed E-state index contributed by atoms with van der Waals surface area (Å²) >= 11 is 11.6. The van der Waals surface area contributed by atoms with Crippen LogP contribution in [0.15, 0.2) is 47.0 Å². The lowest BCUT2D eigenvalue weighted by atomic mass is 10.2. The van der Waals surface area contributed by atoms with E-state index in [4.69, 9.17) is 32.5 Å². The van der Waals surface area contributed by atoms with Crippen molar-refractivity contribution >= 4 is 29.2 Å². The van der Waals surface area contributed by atoms with E-state index in [1.54, 1.807) is 0 Å². The lowest BCUT2D eigenvalue weighted by Crippen LogP contribution is -2.05. The number of ether oxygens (including phenoxy) is 1. The van der Waals surface area contributed by atoms with E-state index >= 15 is 0 Å². The van der Waals surface area contributed by atoms with Crippen LogP contribution in [0.25, 0.3) is 11.4 Å². The Labute approximate surface area is 146 Å². The van der Waals surface area contributed by atoms with Gasteiger partial charge in [-0.1, -0.05) is 28.4 Å². The third-order valence-corrected chi connectivity index (χ3v) is 3.79. The molecule has 0 amide bonds. The Bertz CT molecular complexity index is 881. The summed E-state index contributed by atoms with van der Waals surface area (Å²) < 4.78 is 23.0. The SMILES string of the molecule is O=C(OCc1nc(-c2ccc(F)cc2)no1)c1ccc(Cl)c(Cl)c1. The van der Waals surface area contributed by atoms with E-state index in [9.17, 15) is 9.18 Å². The van der Waals surface area contributed by atoms with Gasteiger partial charge in [0.1, 0.15) is 5.82 Å². The first-order valence-corrected chi connectivity index (χ1v) is 7.49. The first-order chi connectivity index (χ1) is 11.5. The van der Waals surface area contributed by atoms with Crippen molar-refractivity contribution in [3.05, 3.63) is 69.8 Å². The molecule has 1 heterocycles. The Balaban J connectivity index is 1.65. The van der Waals surface area contributed by atoms with Gasteiger partial charge in [0.05, 0.1) is 15.6 Å². The van der Waals surface area contributed by atoms with Crippen molar-refractivity contribution in [1.29, 1.82) is 0 Å². The van der Waals surface area contributed by atoms with E-state index < -0.39 is 5.97 Å². The molecule has 0 aliphatic heterocycles. The van der Waals surface area contributed by atoms with Gasteiger partial charge >= 0.3 is 5.97 Å². The largest absolute Gasteiger partial charge is 0.452 e. The molecule has 0 unspecified atom stereocenters. The zero-order valence-corrected chi connectivity index (χ0v) is 13.5. The predicted octanol–water partition coefficient (Wildman–Crippen LogP) is 4.54. The summed E-state index contributed by atoms with van der Waals surface area (Å²) in [5.41, 5.74) is 0.838. The van der Waals surface area contributed by atoms with Gasteiger partial charge in [0, 0.05) is 5.56 Å². The van der Waals surface area contributed by atoms with Crippen molar-refractivity contribution < 1.29 is 18.4 Å². The number of benzene rings is 2. The van der Waals surface area contributed by atoms with Crippen LogP contribution in [0, 0.1) is 5.82 Å². The van der Waals surface area contributed by atoms with Gasteiger partial charge in [0.15, 0.2) is 6.61 Å². The molecule has 3 rings (SSSR count). The van der Waals surface area contributed by atoms with Crippen LogP contribution in [-0.4, -0.2) is 16.1 Å². The van der Waals surface area contributed by atoms with Crippen LogP contribution < -0.4 is 0 Å². The molecule has 3 aromatic rings. The van der Waals surface area contributed by atoms with E-state index in [1.807, 2.05) is 0 Å². The second-order valence-electron chi connectivity index (χ2n) is 4.72. The van der Waals surface area contributed by atoms with Crippen molar-refractivity contribution in [3.8, 4) is 11.4 Å². The molecule has 0 saturated heterocycles. The summed E-state index contributed by atoms with van der Waals surface area (Å²) in [7, 11) is 0. The molecule has 0 atom stereocenters. The number of hydrogen-bond donors (Lipinski definition) is 0. The summed E-state index contributed by atoms with van der Waals surface area (Å²) in [6.07, 6.45) is 0. The molecule has 5 nitrogen and oxygen atoms in total. The van der Waals surface area contributed by atoms with Crippen molar-refractivity contribution in [2.24, 2.45) is 0 Å². The maximum atomic E-state index is 12.9. The number of carbonyl (C=O) groups is 1. The van der Waals surface area contributed by atoms with E-state index in [0.29, 0.717) is 10.6 Å². The quantitative estimate of drug-likeness (QED) is 0.634. The molecule has 0 spiro atoms. The van der Waals surface area contributed by atoms with Gasteiger partial charge in [0.25, 0.3) is 5.89 Å². The molecule has 122 valence electrons. The number of halogens is 3. The van der Waals surface area contributed by atoms with Gasteiger partial charge in [-0.05, 0) is 42.5 Å². The number of hydrogen-bond acceptors (Lipinski definition) is 5. The Morgan fingerprint density at radius 2 is 1.88 bits per heavy atom. The van der Waals surface area contributed by atoms with Crippen LogP contribution in [0.2, 0.25) is 10.0 Å². The van der Waals surface area contributed by atoms with Gasteiger partial charge in [-0.15, -0.1) is 0 Å². The Kier molecular flexibility index (Phi) is 4.78. The van der Waals surface area contributed by atoms with Crippen molar-refractivity contribution in [3.63, 3.8) is 0 Å². The third-order valence-electron chi connectivity index (χ3n) is 3.05. The third kappa shape index (κ3) is 3.72. The average Bonchev–Trinajstić information content (AvgIpc) is 3.05. The molecule has 0 aliphatic carbocycles. The minimum atomic E-state index is -0.602. The van der Waals surface area contributed by atoms with Gasteiger partial charge in [0.2, 0.25) is 5.82 Å². The van der Waals surface area contributed by atoms with Crippen LogP contribution in [0.4, 0.5) is 4.39 Å². The number of esters is 1. The Hall–Kier alpha value is -2.44. The van der Waals surface area contributed by atoms with Gasteiger partial charge in [-0.2, -0.15) is 4.98 Å². The first kappa shape index (κ1) is 16.4. The summed E-state index contributed by atoms with van der Waals surface area (Å²) in [5.74, 6) is -0.577. The first-order valence-electron chi connectivity index (χ1n) is 6.73. The molecular formula is C16H9Cl2FN2O3. The van der Waals surface area contributed by atoms with Crippen molar-refractivity contribution in [2.45, 2.75) is 6.61 Å². The minimum Gasteiger partial charge on any atom is -0.452 e. The molecule has 0 saturated carbocycles. The van der Waals surface area contributed by atoms with E-state index in [1.165, 1.54) is 42.5 Å². The maximum Gasteiger partial charge on any atom is 0.338 e. The lowest BCUT2D eigenvalue weighted by Gasteiger charge is -2.03. The monoisotopic (exact) mass is 366 g/mol. The van der Waals surface area contributed by atoms with Crippen LogP contribution in [-0.2, 0) is 11.3 Å². The van der Waals surface area contributed by atoms with Crippen LogP contribution in [0.3, 0.4) is 0 Å². The van der Waals surface area contributed by atoms with Gasteiger partial charge in [-0.3, -0.25) is 0 Å². The lowest BCUT2D eigenvalue weighted by molar-refractivity contribution is 0.0430. The molecule has 1 aromatic heterocycles. The van der Waals surface area contributed by atoms with E-state index in [-0.39, 0.29) is 34.7 Å². The summed E-state index contributed by atoms with van der Waals surface area (Å²) in [4.78, 5) is 16.0. The number of rotatable bonds is 4. The number of carbonyl (C=O) groups excluding carboxylic acids is 1. The molecule has 0 N–H and O–H groups in total.